The number of oxazole rings is 1. The maximum absolute atomic E-state index is 13.9. The molecule has 3 aromatic rings. The summed E-state index contributed by atoms with van der Waals surface area (Å²) in [6, 6.07) is 11.4. The number of aryl methyl sites for hydroxylation is 1. The lowest BCUT2D eigenvalue weighted by Crippen LogP contribution is -2.50. The van der Waals surface area contributed by atoms with Gasteiger partial charge < -0.3 is 9.32 Å². The quantitative estimate of drug-likeness (QED) is 0.563. The van der Waals surface area contributed by atoms with Gasteiger partial charge in [0.25, 0.3) is 0 Å². The topological polar surface area (TPSA) is 83.7 Å². The van der Waals surface area contributed by atoms with E-state index in [1.54, 1.807) is 35.2 Å². The van der Waals surface area contributed by atoms with Crippen LogP contribution < -0.4 is 0 Å². The second-order valence-electron chi connectivity index (χ2n) is 7.34. The molecule has 2 heterocycles. The highest BCUT2D eigenvalue weighted by Gasteiger charge is 2.30. The zero-order valence-corrected chi connectivity index (χ0v) is 17.9. The van der Waals surface area contributed by atoms with Gasteiger partial charge in [-0.15, -0.1) is 0 Å². The number of amides is 1. The highest BCUT2D eigenvalue weighted by molar-refractivity contribution is 7.89. The van der Waals surface area contributed by atoms with Crippen molar-refractivity contribution in [3.05, 3.63) is 72.3 Å². The Morgan fingerprint density at radius 3 is 2.44 bits per heavy atom. The first-order valence-electron chi connectivity index (χ1n) is 10.1. The number of rotatable bonds is 6. The molecule has 4 rings (SSSR count). The lowest BCUT2D eigenvalue weighted by atomic mass is 10.2. The van der Waals surface area contributed by atoms with Crippen molar-refractivity contribution < 1.29 is 26.4 Å². The van der Waals surface area contributed by atoms with Gasteiger partial charge in [0.15, 0.2) is 11.7 Å². The summed E-state index contributed by atoms with van der Waals surface area (Å²) in [5.41, 5.74) is 0.0900. The Hall–Kier alpha value is -3.11. The zero-order chi connectivity index (χ0) is 22.7. The molecular formula is C22H21F2N3O4S. The second kappa shape index (κ2) is 9.17. The van der Waals surface area contributed by atoms with Crippen LogP contribution in [0.4, 0.5) is 8.78 Å². The molecule has 1 aromatic heterocycles. The minimum Gasteiger partial charge on any atom is -0.441 e. The van der Waals surface area contributed by atoms with Gasteiger partial charge in [0.2, 0.25) is 15.9 Å². The predicted molar refractivity (Wildman–Crippen MR) is 112 cm³/mol. The Labute approximate surface area is 184 Å². The summed E-state index contributed by atoms with van der Waals surface area (Å²) in [7, 11) is -3.58. The van der Waals surface area contributed by atoms with Crippen LogP contribution in [0.15, 0.2) is 64.0 Å². The number of nitrogens with zero attached hydrogens (tertiary/aromatic N) is 3. The van der Waals surface area contributed by atoms with Gasteiger partial charge in [-0.1, -0.05) is 18.2 Å². The number of hydrogen-bond donors (Lipinski definition) is 0. The molecule has 0 unspecified atom stereocenters. The van der Waals surface area contributed by atoms with Gasteiger partial charge in [-0.25, -0.2) is 22.2 Å². The largest absolute Gasteiger partial charge is 0.441 e. The third kappa shape index (κ3) is 4.71. The van der Waals surface area contributed by atoms with Crippen LogP contribution in [-0.4, -0.2) is 54.7 Å². The molecule has 2 aromatic carbocycles. The number of aromatic nitrogens is 1. The number of sulfonamides is 1. The molecule has 7 nitrogen and oxygen atoms in total. The minimum absolute atomic E-state index is 0.0900. The maximum Gasteiger partial charge on any atom is 0.243 e. The van der Waals surface area contributed by atoms with E-state index < -0.39 is 21.7 Å². The van der Waals surface area contributed by atoms with E-state index in [-0.39, 0.29) is 53.9 Å². The fourth-order valence-electron chi connectivity index (χ4n) is 3.53. The molecule has 0 bridgehead atoms. The zero-order valence-electron chi connectivity index (χ0n) is 17.1. The standard InChI is InChI=1S/C22H21F2N3O4S/c23-16-6-7-18(19(24)14-16)20-15-25-21(31-20)8-9-22(28)26-10-12-27(13-11-26)32(29,30)17-4-2-1-3-5-17/h1-7,14-15H,8-13H2. The number of halogens is 2. The molecule has 0 saturated carbocycles. The first-order chi connectivity index (χ1) is 15.3. The number of piperazine rings is 1. The number of carbonyl (C=O) groups is 1. The van der Waals surface area contributed by atoms with Crippen LogP contribution in [0, 0.1) is 11.6 Å². The summed E-state index contributed by atoms with van der Waals surface area (Å²) in [6.07, 6.45) is 1.67. The highest BCUT2D eigenvalue weighted by atomic mass is 32.2. The third-order valence-electron chi connectivity index (χ3n) is 5.28. The molecule has 32 heavy (non-hydrogen) atoms. The molecule has 0 spiro atoms. The smallest absolute Gasteiger partial charge is 0.243 e. The average Bonchev–Trinajstić information content (AvgIpc) is 3.27. The van der Waals surface area contributed by atoms with E-state index in [2.05, 4.69) is 4.98 Å². The van der Waals surface area contributed by atoms with Crippen molar-refractivity contribution in [3.8, 4) is 11.3 Å². The lowest BCUT2D eigenvalue weighted by Gasteiger charge is -2.34. The molecule has 0 radical (unpaired) electrons. The number of benzene rings is 2. The average molecular weight is 461 g/mol. The molecule has 1 amide bonds. The summed E-state index contributed by atoms with van der Waals surface area (Å²) in [6.45, 7) is 1.02. The molecule has 0 aliphatic carbocycles. The Bertz CT molecular complexity index is 1210. The maximum atomic E-state index is 13.9. The molecular weight excluding hydrogens is 440 g/mol. The van der Waals surface area contributed by atoms with E-state index in [1.807, 2.05) is 0 Å². The first kappa shape index (κ1) is 22.1. The lowest BCUT2D eigenvalue weighted by molar-refractivity contribution is -0.132. The van der Waals surface area contributed by atoms with Crippen LogP contribution in [0.1, 0.15) is 12.3 Å². The fraction of sp³-hybridized carbons (Fsp3) is 0.273. The summed E-state index contributed by atoms with van der Waals surface area (Å²) >= 11 is 0. The molecule has 0 N–H and O–H groups in total. The Morgan fingerprint density at radius 2 is 1.75 bits per heavy atom. The monoisotopic (exact) mass is 461 g/mol. The minimum atomic E-state index is -3.58. The van der Waals surface area contributed by atoms with Gasteiger partial charge in [-0.3, -0.25) is 4.79 Å². The molecule has 1 aliphatic heterocycles. The Kier molecular flexibility index (Phi) is 6.33. The van der Waals surface area contributed by atoms with Crippen LogP contribution in [0.2, 0.25) is 0 Å². The van der Waals surface area contributed by atoms with E-state index in [1.165, 1.54) is 16.6 Å². The summed E-state index contributed by atoms with van der Waals surface area (Å²) in [5.74, 6) is -1.16. The molecule has 10 heteroatoms. The van der Waals surface area contributed by atoms with Crippen LogP contribution >= 0.6 is 0 Å². The second-order valence-corrected chi connectivity index (χ2v) is 9.28. The van der Waals surface area contributed by atoms with Gasteiger partial charge in [-0.2, -0.15) is 4.31 Å². The molecule has 1 aliphatic rings. The molecule has 1 fully saturated rings. The summed E-state index contributed by atoms with van der Waals surface area (Å²) < 4.78 is 59.2. The van der Waals surface area contributed by atoms with Crippen LogP contribution in [0.5, 0.6) is 0 Å². The normalized spacial score (nSPS) is 15.1. The van der Waals surface area contributed by atoms with Crippen LogP contribution in [0.25, 0.3) is 11.3 Å². The van der Waals surface area contributed by atoms with E-state index in [0.29, 0.717) is 13.1 Å². The molecule has 0 atom stereocenters. The third-order valence-corrected chi connectivity index (χ3v) is 7.19. The van der Waals surface area contributed by atoms with E-state index in [4.69, 9.17) is 4.42 Å². The van der Waals surface area contributed by atoms with Crippen LogP contribution in [0.3, 0.4) is 0 Å². The van der Waals surface area contributed by atoms with Crippen molar-refractivity contribution in [2.45, 2.75) is 17.7 Å². The molecule has 1 saturated heterocycles. The van der Waals surface area contributed by atoms with Crippen molar-refractivity contribution in [3.63, 3.8) is 0 Å². The van der Waals surface area contributed by atoms with E-state index in [9.17, 15) is 22.0 Å². The van der Waals surface area contributed by atoms with Crippen molar-refractivity contribution in [2.75, 3.05) is 26.2 Å². The van der Waals surface area contributed by atoms with E-state index >= 15 is 0 Å². The molecule has 168 valence electrons. The van der Waals surface area contributed by atoms with Gasteiger partial charge in [0.05, 0.1) is 16.7 Å². The summed E-state index contributed by atoms with van der Waals surface area (Å²) in [5, 5.41) is 0. The van der Waals surface area contributed by atoms with Crippen molar-refractivity contribution >= 4 is 15.9 Å². The summed E-state index contributed by atoms with van der Waals surface area (Å²) in [4.78, 5) is 18.5. The van der Waals surface area contributed by atoms with Gasteiger partial charge in [-0.05, 0) is 24.3 Å². The fourth-order valence-corrected chi connectivity index (χ4v) is 4.97. The number of carbonyl (C=O) groups excluding carboxylic acids is 1. The van der Waals surface area contributed by atoms with Gasteiger partial charge >= 0.3 is 0 Å². The first-order valence-corrected chi connectivity index (χ1v) is 11.5. The predicted octanol–water partition coefficient (Wildman–Crippen LogP) is 3.09. The van der Waals surface area contributed by atoms with Crippen LogP contribution in [-0.2, 0) is 21.2 Å². The van der Waals surface area contributed by atoms with Gasteiger partial charge in [0.1, 0.15) is 11.6 Å². The SMILES string of the molecule is O=C(CCc1ncc(-c2ccc(F)cc2F)o1)N1CCN(S(=O)(=O)c2ccccc2)CC1. The number of hydrogen-bond acceptors (Lipinski definition) is 5. The van der Waals surface area contributed by atoms with Crippen molar-refractivity contribution in [2.24, 2.45) is 0 Å². The Morgan fingerprint density at radius 1 is 1.03 bits per heavy atom. The van der Waals surface area contributed by atoms with E-state index in [0.717, 1.165) is 12.1 Å². The highest BCUT2D eigenvalue weighted by Crippen LogP contribution is 2.25. The van der Waals surface area contributed by atoms with Crippen molar-refractivity contribution in [1.82, 2.24) is 14.2 Å². The van der Waals surface area contributed by atoms with Crippen molar-refractivity contribution in [1.29, 1.82) is 0 Å². The van der Waals surface area contributed by atoms with Gasteiger partial charge in [0, 0.05) is 45.1 Å². The Balaban J connectivity index is 1.31.